The van der Waals surface area contributed by atoms with E-state index in [0.29, 0.717) is 41.9 Å². The van der Waals surface area contributed by atoms with E-state index < -0.39 is 5.54 Å². The molecule has 31 heavy (non-hydrogen) atoms. The topological polar surface area (TPSA) is 60.0 Å². The number of ketones is 1. The second-order valence-electron chi connectivity index (χ2n) is 7.95. The molecule has 0 saturated carbocycles. The van der Waals surface area contributed by atoms with Gasteiger partial charge in [-0.1, -0.05) is 23.7 Å². The minimum atomic E-state index is -0.771. The monoisotopic (exact) mass is 450 g/mol. The van der Waals surface area contributed by atoms with Crippen molar-refractivity contribution in [1.29, 1.82) is 0 Å². The fourth-order valence-electron chi connectivity index (χ4n) is 3.58. The van der Waals surface area contributed by atoms with Crippen LogP contribution >= 0.6 is 11.6 Å². The molecular weight excluding hydrogens is 423 g/mol. The van der Waals surface area contributed by atoms with E-state index >= 15 is 0 Å². The van der Waals surface area contributed by atoms with Crippen molar-refractivity contribution in [2.24, 2.45) is 0 Å². The predicted octanol–water partition coefficient (Wildman–Crippen LogP) is 3.70. The first-order valence-corrected chi connectivity index (χ1v) is 10.4. The molecule has 1 N–H and O–H groups in total. The molecule has 1 fully saturated rings. The lowest BCUT2D eigenvalue weighted by atomic mass is 9.91. The van der Waals surface area contributed by atoms with Crippen LogP contribution in [-0.2, 0) is 11.3 Å². The number of carbonyl (C=O) groups is 1. The van der Waals surface area contributed by atoms with Crippen LogP contribution in [0, 0.1) is 5.82 Å². The summed E-state index contributed by atoms with van der Waals surface area (Å²) in [6.07, 6.45) is 0. The standard InChI is InChI=1S/C23H28ClFN2O4/c1-15-11-26-23(2,14-27(15)12-16-5-7-17(25)8-6-16)21(28)13-31-18-9-19(29-3)22(24)20(10-18)30-4/h5-10,15,26H,11-14H2,1-4H3/t15-,23+/m0/s1. The van der Waals surface area contributed by atoms with Crippen molar-refractivity contribution in [2.45, 2.75) is 32.0 Å². The molecule has 0 unspecified atom stereocenters. The van der Waals surface area contributed by atoms with E-state index in [1.165, 1.54) is 26.4 Å². The summed E-state index contributed by atoms with van der Waals surface area (Å²) in [6.45, 7) is 5.68. The Kier molecular flexibility index (Phi) is 7.41. The molecule has 2 aromatic rings. The summed E-state index contributed by atoms with van der Waals surface area (Å²) in [6, 6.07) is 9.93. The smallest absolute Gasteiger partial charge is 0.191 e. The lowest BCUT2D eigenvalue weighted by Gasteiger charge is -2.44. The van der Waals surface area contributed by atoms with Gasteiger partial charge in [-0.25, -0.2) is 4.39 Å². The summed E-state index contributed by atoms with van der Waals surface area (Å²) < 4.78 is 29.4. The third-order valence-electron chi connectivity index (χ3n) is 5.63. The Labute approximate surface area is 187 Å². The molecule has 3 rings (SSSR count). The van der Waals surface area contributed by atoms with Crippen LogP contribution in [0.5, 0.6) is 17.2 Å². The highest BCUT2D eigenvalue weighted by atomic mass is 35.5. The lowest BCUT2D eigenvalue weighted by Crippen LogP contribution is -2.66. The van der Waals surface area contributed by atoms with Crippen molar-refractivity contribution in [3.05, 3.63) is 52.8 Å². The Bertz CT molecular complexity index is 899. The van der Waals surface area contributed by atoms with Crippen LogP contribution < -0.4 is 19.5 Å². The number of halogens is 2. The van der Waals surface area contributed by atoms with Crippen molar-refractivity contribution in [1.82, 2.24) is 10.2 Å². The van der Waals surface area contributed by atoms with Crippen molar-refractivity contribution >= 4 is 17.4 Å². The number of rotatable bonds is 8. The van der Waals surface area contributed by atoms with Crippen LogP contribution in [0.3, 0.4) is 0 Å². The maximum atomic E-state index is 13.2. The highest BCUT2D eigenvalue weighted by molar-refractivity contribution is 6.33. The molecule has 0 bridgehead atoms. The Morgan fingerprint density at radius 1 is 1.23 bits per heavy atom. The number of Topliss-reactive ketones (excluding diaryl/α,β-unsaturated/α-hetero) is 1. The number of methoxy groups -OCH3 is 2. The summed E-state index contributed by atoms with van der Waals surface area (Å²) in [4.78, 5) is 15.3. The van der Waals surface area contributed by atoms with E-state index in [2.05, 4.69) is 17.1 Å². The highest BCUT2D eigenvalue weighted by Gasteiger charge is 2.40. The molecule has 0 amide bonds. The second-order valence-corrected chi connectivity index (χ2v) is 8.33. The van der Waals surface area contributed by atoms with Gasteiger partial charge in [0.1, 0.15) is 34.7 Å². The van der Waals surface area contributed by atoms with Crippen LogP contribution in [0.15, 0.2) is 36.4 Å². The zero-order chi connectivity index (χ0) is 22.6. The molecule has 0 aliphatic carbocycles. The van der Waals surface area contributed by atoms with Gasteiger partial charge in [0.05, 0.1) is 19.8 Å². The first-order valence-electron chi connectivity index (χ1n) is 10.1. The molecule has 6 nitrogen and oxygen atoms in total. The maximum Gasteiger partial charge on any atom is 0.191 e. The Morgan fingerprint density at radius 2 is 1.84 bits per heavy atom. The van der Waals surface area contributed by atoms with E-state index in [1.54, 1.807) is 24.3 Å². The largest absolute Gasteiger partial charge is 0.495 e. The molecule has 2 atom stereocenters. The Morgan fingerprint density at radius 3 is 2.42 bits per heavy atom. The third kappa shape index (κ3) is 5.47. The van der Waals surface area contributed by atoms with Crippen LogP contribution in [0.4, 0.5) is 4.39 Å². The summed E-state index contributed by atoms with van der Waals surface area (Å²) in [5.41, 5.74) is 0.231. The van der Waals surface area contributed by atoms with Crippen LogP contribution in [0.2, 0.25) is 5.02 Å². The molecule has 1 aliphatic heterocycles. The average Bonchev–Trinajstić information content (AvgIpc) is 2.76. The summed E-state index contributed by atoms with van der Waals surface area (Å²) in [7, 11) is 3.00. The maximum absolute atomic E-state index is 13.2. The quantitative estimate of drug-likeness (QED) is 0.661. The number of hydrogen-bond acceptors (Lipinski definition) is 6. The van der Waals surface area contributed by atoms with Crippen molar-refractivity contribution in [2.75, 3.05) is 33.9 Å². The normalized spacial score (nSPS) is 21.5. The minimum Gasteiger partial charge on any atom is -0.495 e. The molecule has 0 radical (unpaired) electrons. The number of piperazine rings is 1. The van der Waals surface area contributed by atoms with Gasteiger partial charge in [-0.2, -0.15) is 0 Å². The predicted molar refractivity (Wildman–Crippen MR) is 118 cm³/mol. The first-order chi connectivity index (χ1) is 14.8. The highest BCUT2D eigenvalue weighted by Crippen LogP contribution is 2.38. The lowest BCUT2D eigenvalue weighted by molar-refractivity contribution is -0.129. The molecule has 0 aromatic heterocycles. The SMILES string of the molecule is COc1cc(OCC(=O)[C@@]2(C)CN(Cc3ccc(F)cc3)[C@@H](C)CN2)cc(OC)c1Cl. The van der Waals surface area contributed by atoms with Crippen LogP contribution in [0.1, 0.15) is 19.4 Å². The van der Waals surface area contributed by atoms with Crippen molar-refractivity contribution < 1.29 is 23.4 Å². The van der Waals surface area contributed by atoms with E-state index in [9.17, 15) is 9.18 Å². The van der Waals surface area contributed by atoms with Gasteiger partial charge in [0.25, 0.3) is 0 Å². The van der Waals surface area contributed by atoms with Gasteiger partial charge in [-0.3, -0.25) is 9.69 Å². The van der Waals surface area contributed by atoms with Crippen molar-refractivity contribution in [3.8, 4) is 17.2 Å². The van der Waals surface area contributed by atoms with Gasteiger partial charge in [-0.05, 0) is 31.5 Å². The molecular formula is C23H28ClFN2O4. The number of ether oxygens (including phenoxy) is 3. The molecule has 1 heterocycles. The summed E-state index contributed by atoms with van der Waals surface area (Å²) >= 11 is 6.18. The summed E-state index contributed by atoms with van der Waals surface area (Å²) in [5.74, 6) is 0.915. The average molecular weight is 451 g/mol. The minimum absolute atomic E-state index is 0.0728. The second kappa shape index (κ2) is 9.85. The van der Waals surface area contributed by atoms with Crippen molar-refractivity contribution in [3.63, 3.8) is 0 Å². The number of hydrogen-bond donors (Lipinski definition) is 1. The van der Waals surface area contributed by atoms with Gasteiger partial charge < -0.3 is 19.5 Å². The number of benzene rings is 2. The molecule has 8 heteroatoms. The first kappa shape index (κ1) is 23.3. The van der Waals surface area contributed by atoms with Gasteiger partial charge >= 0.3 is 0 Å². The summed E-state index contributed by atoms with van der Waals surface area (Å²) in [5, 5.41) is 3.70. The molecule has 168 valence electrons. The van der Waals surface area contributed by atoms with E-state index in [4.69, 9.17) is 25.8 Å². The molecule has 0 spiro atoms. The zero-order valence-electron chi connectivity index (χ0n) is 18.2. The zero-order valence-corrected chi connectivity index (χ0v) is 19.0. The molecule has 1 saturated heterocycles. The van der Waals surface area contributed by atoms with E-state index in [-0.39, 0.29) is 24.2 Å². The molecule has 2 aromatic carbocycles. The van der Waals surface area contributed by atoms with E-state index in [0.717, 1.165) is 5.56 Å². The van der Waals surface area contributed by atoms with Crippen LogP contribution in [-0.4, -0.2) is 56.2 Å². The molecule has 1 aliphatic rings. The van der Waals surface area contributed by atoms with Crippen LogP contribution in [0.25, 0.3) is 0 Å². The number of nitrogens with zero attached hydrogens (tertiary/aromatic N) is 1. The third-order valence-corrected chi connectivity index (χ3v) is 6.01. The van der Waals surface area contributed by atoms with Gasteiger partial charge in [-0.15, -0.1) is 0 Å². The Balaban J connectivity index is 1.67. The van der Waals surface area contributed by atoms with Gasteiger partial charge in [0.2, 0.25) is 0 Å². The number of nitrogens with one attached hydrogen (secondary N) is 1. The Hall–Kier alpha value is -2.35. The fraction of sp³-hybridized carbons (Fsp3) is 0.435. The van der Waals surface area contributed by atoms with Gasteiger partial charge in [0, 0.05) is 37.8 Å². The van der Waals surface area contributed by atoms with Gasteiger partial charge in [0.15, 0.2) is 5.78 Å². The fourth-order valence-corrected chi connectivity index (χ4v) is 3.84. The van der Waals surface area contributed by atoms with E-state index in [1.807, 2.05) is 6.92 Å². The number of carbonyl (C=O) groups excluding carboxylic acids is 1.